The highest BCUT2D eigenvalue weighted by Crippen LogP contribution is 2.45. The van der Waals surface area contributed by atoms with Gasteiger partial charge in [-0.25, -0.2) is 0 Å². The molecule has 26 heavy (non-hydrogen) atoms. The summed E-state index contributed by atoms with van der Waals surface area (Å²) in [4.78, 5) is 0. The third-order valence-corrected chi connectivity index (χ3v) is 5.44. The standard InChI is InChI=1S/C18H34O7S/c1-5-6-7-8-9-10-11-12-18(19)16-15(24-17(2,3)25-16)14(23-18)13-22-26(4,20)21/h14-16,19H,5-13H2,1-4H3/t14-,15+,16+,18-/m0/s1. The van der Waals surface area contributed by atoms with Crippen LogP contribution in [0.2, 0.25) is 0 Å². The van der Waals surface area contributed by atoms with Crippen LogP contribution in [0.15, 0.2) is 0 Å². The summed E-state index contributed by atoms with van der Waals surface area (Å²) in [6.45, 7) is 5.54. The number of unbranched alkanes of at least 4 members (excludes halogenated alkanes) is 6. The monoisotopic (exact) mass is 394 g/mol. The Labute approximate surface area is 157 Å². The normalized spacial score (nSPS) is 33.5. The van der Waals surface area contributed by atoms with Crippen LogP contribution in [0.25, 0.3) is 0 Å². The van der Waals surface area contributed by atoms with E-state index in [1.54, 1.807) is 13.8 Å². The maximum Gasteiger partial charge on any atom is 0.264 e. The number of ether oxygens (including phenoxy) is 3. The van der Waals surface area contributed by atoms with E-state index in [1.165, 1.54) is 25.7 Å². The first-order valence-electron chi connectivity index (χ1n) is 9.66. The second kappa shape index (κ2) is 8.84. The van der Waals surface area contributed by atoms with Crippen molar-refractivity contribution in [1.82, 2.24) is 0 Å². The van der Waals surface area contributed by atoms with Crippen LogP contribution in [0, 0.1) is 0 Å². The van der Waals surface area contributed by atoms with Crippen LogP contribution in [0.4, 0.5) is 0 Å². The molecule has 0 unspecified atom stereocenters. The predicted molar refractivity (Wildman–Crippen MR) is 97.1 cm³/mol. The van der Waals surface area contributed by atoms with E-state index in [1.807, 2.05) is 0 Å². The minimum absolute atomic E-state index is 0.196. The molecule has 2 saturated heterocycles. The van der Waals surface area contributed by atoms with Crippen LogP contribution in [0.1, 0.15) is 72.1 Å². The van der Waals surface area contributed by atoms with Gasteiger partial charge in [-0.2, -0.15) is 8.42 Å². The number of aliphatic hydroxyl groups is 1. The van der Waals surface area contributed by atoms with Gasteiger partial charge in [0, 0.05) is 6.42 Å². The number of hydrogen-bond donors (Lipinski definition) is 1. The zero-order chi connectivity index (χ0) is 19.4. The Kier molecular flexibility index (Phi) is 7.49. The lowest BCUT2D eigenvalue weighted by atomic mass is 9.99. The Hall–Kier alpha value is -0.250. The van der Waals surface area contributed by atoms with Crippen molar-refractivity contribution >= 4 is 10.1 Å². The molecular formula is C18H34O7S. The zero-order valence-corrected chi connectivity index (χ0v) is 17.2. The third kappa shape index (κ3) is 6.14. The topological polar surface area (TPSA) is 91.3 Å². The van der Waals surface area contributed by atoms with Crippen molar-refractivity contribution in [3.8, 4) is 0 Å². The second-order valence-electron chi connectivity index (χ2n) is 7.88. The summed E-state index contributed by atoms with van der Waals surface area (Å²) in [5, 5.41) is 11.0. The number of hydrogen-bond acceptors (Lipinski definition) is 7. The van der Waals surface area contributed by atoms with Crippen molar-refractivity contribution in [2.45, 2.75) is 102 Å². The molecule has 2 rings (SSSR count). The van der Waals surface area contributed by atoms with E-state index in [4.69, 9.17) is 18.4 Å². The summed E-state index contributed by atoms with van der Waals surface area (Å²) < 4.78 is 44.9. The maximum atomic E-state index is 11.3. The average Bonchev–Trinajstić information content (AvgIpc) is 2.97. The molecule has 7 nitrogen and oxygen atoms in total. The van der Waals surface area contributed by atoms with Gasteiger partial charge in [-0.05, 0) is 20.3 Å². The summed E-state index contributed by atoms with van der Waals surface area (Å²) in [5.41, 5.74) is 0. The van der Waals surface area contributed by atoms with Gasteiger partial charge in [0.15, 0.2) is 11.6 Å². The van der Waals surface area contributed by atoms with Gasteiger partial charge in [0.05, 0.1) is 12.9 Å². The first kappa shape index (κ1) is 22.0. The highest BCUT2D eigenvalue weighted by Gasteiger charge is 2.62. The summed E-state index contributed by atoms with van der Waals surface area (Å²) in [6, 6.07) is 0. The Morgan fingerprint density at radius 2 is 1.62 bits per heavy atom. The van der Waals surface area contributed by atoms with Crippen LogP contribution in [-0.4, -0.2) is 56.3 Å². The fourth-order valence-electron chi connectivity index (χ4n) is 3.66. The van der Waals surface area contributed by atoms with Gasteiger partial charge >= 0.3 is 0 Å². The molecule has 0 aromatic heterocycles. The quantitative estimate of drug-likeness (QED) is 0.425. The van der Waals surface area contributed by atoms with Gasteiger partial charge < -0.3 is 19.3 Å². The lowest BCUT2D eigenvalue weighted by Gasteiger charge is -2.30. The van der Waals surface area contributed by atoms with E-state index >= 15 is 0 Å². The molecule has 2 aliphatic rings. The van der Waals surface area contributed by atoms with E-state index < -0.39 is 40.0 Å². The molecular weight excluding hydrogens is 360 g/mol. The third-order valence-electron chi connectivity index (χ3n) is 4.88. The fraction of sp³-hybridized carbons (Fsp3) is 1.00. The molecule has 0 aromatic carbocycles. The first-order chi connectivity index (χ1) is 12.1. The summed E-state index contributed by atoms with van der Waals surface area (Å²) in [7, 11) is -3.60. The van der Waals surface area contributed by atoms with Crippen LogP contribution in [-0.2, 0) is 28.5 Å². The summed E-state index contributed by atoms with van der Waals surface area (Å²) in [6.07, 6.45) is 7.42. The lowest BCUT2D eigenvalue weighted by molar-refractivity contribution is -0.278. The molecule has 0 radical (unpaired) electrons. The van der Waals surface area contributed by atoms with Gasteiger partial charge in [0.25, 0.3) is 10.1 Å². The van der Waals surface area contributed by atoms with Gasteiger partial charge in [-0.1, -0.05) is 45.4 Å². The predicted octanol–water partition coefficient (Wildman–Crippen LogP) is 2.71. The number of rotatable bonds is 11. The molecule has 2 heterocycles. The average molecular weight is 395 g/mol. The molecule has 0 aliphatic carbocycles. The van der Waals surface area contributed by atoms with Crippen molar-refractivity contribution in [3.05, 3.63) is 0 Å². The van der Waals surface area contributed by atoms with E-state index in [-0.39, 0.29) is 6.61 Å². The molecule has 0 amide bonds. The molecule has 0 saturated carbocycles. The Morgan fingerprint density at radius 3 is 2.23 bits per heavy atom. The summed E-state index contributed by atoms with van der Waals surface area (Å²) >= 11 is 0. The number of fused-ring (bicyclic) bond motifs is 1. The van der Waals surface area contributed by atoms with E-state index in [9.17, 15) is 13.5 Å². The first-order valence-corrected chi connectivity index (χ1v) is 11.5. The largest absolute Gasteiger partial charge is 0.363 e. The Bertz CT molecular complexity index is 548. The lowest BCUT2D eigenvalue weighted by Crippen LogP contribution is -2.43. The second-order valence-corrected chi connectivity index (χ2v) is 9.53. The van der Waals surface area contributed by atoms with Crippen molar-refractivity contribution in [2.24, 2.45) is 0 Å². The van der Waals surface area contributed by atoms with Gasteiger partial charge in [0.1, 0.15) is 18.3 Å². The molecule has 4 atom stereocenters. The fourth-order valence-corrected chi connectivity index (χ4v) is 4.04. The SMILES string of the molecule is CCCCCCCCC[C@]1(O)O[C@@H](COS(C)(=O)=O)[C@H]2OC(C)(C)O[C@H]21. The zero-order valence-electron chi connectivity index (χ0n) is 16.4. The molecule has 154 valence electrons. The van der Waals surface area contributed by atoms with Crippen molar-refractivity contribution in [1.29, 1.82) is 0 Å². The molecule has 1 N–H and O–H groups in total. The molecule has 2 fully saturated rings. The van der Waals surface area contributed by atoms with Crippen LogP contribution in [0.3, 0.4) is 0 Å². The minimum atomic E-state index is -3.60. The van der Waals surface area contributed by atoms with E-state index in [0.717, 1.165) is 25.5 Å². The van der Waals surface area contributed by atoms with E-state index in [2.05, 4.69) is 6.92 Å². The van der Waals surface area contributed by atoms with Crippen LogP contribution in [0.5, 0.6) is 0 Å². The molecule has 8 heteroatoms. The van der Waals surface area contributed by atoms with Crippen LogP contribution < -0.4 is 0 Å². The maximum absolute atomic E-state index is 11.3. The van der Waals surface area contributed by atoms with E-state index in [0.29, 0.717) is 6.42 Å². The summed E-state index contributed by atoms with van der Waals surface area (Å²) in [5.74, 6) is -2.33. The van der Waals surface area contributed by atoms with Gasteiger partial charge in [-0.15, -0.1) is 0 Å². The molecule has 0 spiro atoms. The Balaban J connectivity index is 1.89. The highest BCUT2D eigenvalue weighted by molar-refractivity contribution is 7.85. The Morgan fingerprint density at radius 1 is 1.00 bits per heavy atom. The smallest absolute Gasteiger partial charge is 0.264 e. The van der Waals surface area contributed by atoms with Gasteiger partial charge in [-0.3, -0.25) is 4.18 Å². The highest BCUT2D eigenvalue weighted by atomic mass is 32.2. The minimum Gasteiger partial charge on any atom is -0.363 e. The molecule has 2 aliphatic heterocycles. The van der Waals surface area contributed by atoms with Crippen molar-refractivity contribution in [2.75, 3.05) is 12.9 Å². The van der Waals surface area contributed by atoms with Crippen molar-refractivity contribution < 1.29 is 31.9 Å². The molecule has 0 aromatic rings. The molecule has 0 bridgehead atoms. The van der Waals surface area contributed by atoms with Crippen molar-refractivity contribution in [3.63, 3.8) is 0 Å². The van der Waals surface area contributed by atoms with Crippen LogP contribution >= 0.6 is 0 Å². The van der Waals surface area contributed by atoms with Gasteiger partial charge in [0.2, 0.25) is 0 Å².